The van der Waals surface area contributed by atoms with Gasteiger partial charge in [-0.15, -0.1) is 0 Å². The van der Waals surface area contributed by atoms with Gasteiger partial charge in [-0.25, -0.2) is 13.8 Å². The van der Waals surface area contributed by atoms with Crippen LogP contribution in [0.3, 0.4) is 0 Å². The van der Waals surface area contributed by atoms with Gasteiger partial charge in [0.1, 0.15) is 6.54 Å². The van der Waals surface area contributed by atoms with Crippen LogP contribution in [0.2, 0.25) is 0 Å². The lowest BCUT2D eigenvalue weighted by atomic mass is 10.1. The number of carbonyl (C=O) groups is 1. The van der Waals surface area contributed by atoms with Crippen LogP contribution >= 0.6 is 0 Å². The maximum Gasteiger partial charge on any atom is 0.260 e. The van der Waals surface area contributed by atoms with Crippen LogP contribution in [0, 0.1) is 20.8 Å². The first-order valence-corrected chi connectivity index (χ1v) is 12.6. The summed E-state index contributed by atoms with van der Waals surface area (Å²) in [6.07, 6.45) is 3.32. The van der Waals surface area contributed by atoms with Gasteiger partial charge in [-0.2, -0.15) is 5.10 Å². The average molecular weight is 467 g/mol. The molecule has 1 amide bonds. The third kappa shape index (κ3) is 5.70. The summed E-state index contributed by atoms with van der Waals surface area (Å²) >= 11 is 0. The number of rotatable bonds is 8. The minimum Gasteiger partial charge on any atom is -0.318 e. The number of hydrazone groups is 1. The highest BCUT2D eigenvalue weighted by Crippen LogP contribution is 2.23. The van der Waals surface area contributed by atoms with E-state index in [1.54, 1.807) is 18.3 Å². The molecule has 0 spiro atoms. The highest BCUT2D eigenvalue weighted by atomic mass is 32.2. The number of sulfonamides is 1. The van der Waals surface area contributed by atoms with E-state index in [1.807, 2.05) is 45.9 Å². The highest BCUT2D eigenvalue weighted by molar-refractivity contribution is 7.92. The number of amides is 1. The lowest BCUT2D eigenvalue weighted by molar-refractivity contribution is -0.119. The maximum absolute atomic E-state index is 12.5. The Morgan fingerprint density at radius 3 is 2.39 bits per heavy atom. The van der Waals surface area contributed by atoms with Crippen molar-refractivity contribution in [3.8, 4) is 5.69 Å². The van der Waals surface area contributed by atoms with Crippen LogP contribution in [-0.4, -0.2) is 37.9 Å². The van der Waals surface area contributed by atoms with Crippen LogP contribution in [-0.2, 0) is 21.2 Å². The van der Waals surface area contributed by atoms with E-state index in [0.29, 0.717) is 12.1 Å². The first-order valence-electron chi connectivity index (χ1n) is 10.7. The number of aromatic nitrogens is 1. The van der Waals surface area contributed by atoms with Crippen molar-refractivity contribution < 1.29 is 13.2 Å². The monoisotopic (exact) mass is 466 g/mol. The predicted octanol–water partition coefficient (Wildman–Crippen LogP) is 3.88. The molecule has 7 nitrogen and oxygen atoms in total. The molecule has 0 aliphatic carbocycles. The number of anilines is 1. The third-order valence-corrected chi connectivity index (χ3v) is 6.61. The minimum absolute atomic E-state index is 0.352. The number of nitrogens with one attached hydrogen (secondary N) is 1. The quantitative estimate of drug-likeness (QED) is 0.404. The van der Waals surface area contributed by atoms with Crippen LogP contribution in [0.1, 0.15) is 35.0 Å². The Kier molecular flexibility index (Phi) is 7.38. The summed E-state index contributed by atoms with van der Waals surface area (Å²) in [5.41, 5.74) is 8.96. The van der Waals surface area contributed by atoms with Crippen LogP contribution in [0.4, 0.5) is 5.69 Å². The second-order valence-electron chi connectivity index (χ2n) is 8.04. The Balaban J connectivity index is 1.76. The number of nitrogens with zero attached hydrogens (tertiary/aromatic N) is 3. The molecule has 3 rings (SSSR count). The summed E-state index contributed by atoms with van der Waals surface area (Å²) in [5, 5.41) is 4.08. The van der Waals surface area contributed by atoms with E-state index in [-0.39, 0.29) is 6.54 Å². The Morgan fingerprint density at radius 1 is 1.09 bits per heavy atom. The summed E-state index contributed by atoms with van der Waals surface area (Å²) < 4.78 is 28.0. The van der Waals surface area contributed by atoms with Crippen molar-refractivity contribution in [2.45, 2.75) is 34.1 Å². The number of hydrogen-bond acceptors (Lipinski definition) is 4. The smallest absolute Gasteiger partial charge is 0.260 e. The van der Waals surface area contributed by atoms with Gasteiger partial charge in [-0.05, 0) is 57.0 Å². The molecule has 0 radical (unpaired) electrons. The molecule has 1 aromatic heterocycles. The van der Waals surface area contributed by atoms with Gasteiger partial charge in [0.15, 0.2) is 0 Å². The van der Waals surface area contributed by atoms with Gasteiger partial charge in [-0.3, -0.25) is 9.10 Å². The standard InChI is InChI=1S/C25H30N4O3S/c1-6-21-9-7-8-10-24(21)28(33(5,31)32)17-25(30)27-26-16-22-15-19(3)29(20(22)4)23-13-11-18(2)12-14-23/h7-16H,6,17H2,1-5H3,(H,27,30)/b26-16-. The summed E-state index contributed by atoms with van der Waals surface area (Å²) in [4.78, 5) is 12.5. The molecule has 3 aromatic rings. The fraction of sp³-hybridized carbons (Fsp3) is 0.280. The Bertz CT molecular complexity index is 1280. The van der Waals surface area contributed by atoms with Gasteiger partial charge < -0.3 is 4.57 Å². The Labute approximate surface area is 195 Å². The zero-order valence-corrected chi connectivity index (χ0v) is 20.5. The molecule has 0 unspecified atom stereocenters. The molecule has 0 bridgehead atoms. The summed E-state index contributed by atoms with van der Waals surface area (Å²) in [5.74, 6) is -0.519. The summed E-state index contributed by atoms with van der Waals surface area (Å²) in [7, 11) is -3.65. The Morgan fingerprint density at radius 2 is 1.76 bits per heavy atom. The van der Waals surface area contributed by atoms with Crippen LogP contribution in [0.25, 0.3) is 5.69 Å². The van der Waals surface area contributed by atoms with Crippen molar-refractivity contribution in [2.24, 2.45) is 5.10 Å². The highest BCUT2D eigenvalue weighted by Gasteiger charge is 2.22. The number of para-hydroxylation sites is 1. The van der Waals surface area contributed by atoms with E-state index in [2.05, 4.69) is 39.4 Å². The molecule has 0 aliphatic heterocycles. The normalized spacial score (nSPS) is 11.7. The molecule has 33 heavy (non-hydrogen) atoms. The van der Waals surface area contributed by atoms with E-state index >= 15 is 0 Å². The molecule has 1 N–H and O–H groups in total. The molecule has 8 heteroatoms. The summed E-state index contributed by atoms with van der Waals surface area (Å²) in [6.45, 7) is 7.64. The van der Waals surface area contributed by atoms with Gasteiger partial charge in [0, 0.05) is 22.6 Å². The molecule has 0 atom stereocenters. The molecule has 0 saturated heterocycles. The van der Waals surface area contributed by atoms with Crippen molar-refractivity contribution in [3.05, 3.63) is 82.7 Å². The minimum atomic E-state index is -3.65. The fourth-order valence-corrected chi connectivity index (χ4v) is 4.67. The van der Waals surface area contributed by atoms with Crippen molar-refractivity contribution in [3.63, 3.8) is 0 Å². The first-order chi connectivity index (χ1) is 15.6. The Hall–Kier alpha value is -3.39. The molecule has 2 aromatic carbocycles. The summed E-state index contributed by atoms with van der Waals surface area (Å²) in [6, 6.07) is 17.4. The average Bonchev–Trinajstić information content (AvgIpc) is 3.05. The van der Waals surface area contributed by atoms with E-state index < -0.39 is 15.9 Å². The van der Waals surface area contributed by atoms with Crippen LogP contribution < -0.4 is 9.73 Å². The zero-order valence-electron chi connectivity index (χ0n) is 19.7. The van der Waals surface area contributed by atoms with Gasteiger partial charge in [-0.1, -0.05) is 42.8 Å². The molecular weight excluding hydrogens is 436 g/mol. The lowest BCUT2D eigenvalue weighted by Crippen LogP contribution is -2.39. The third-order valence-electron chi connectivity index (χ3n) is 5.48. The van der Waals surface area contributed by atoms with Crippen molar-refractivity contribution in [2.75, 3.05) is 17.1 Å². The fourth-order valence-electron chi connectivity index (χ4n) is 3.78. The van der Waals surface area contributed by atoms with Crippen molar-refractivity contribution >= 4 is 27.8 Å². The maximum atomic E-state index is 12.5. The van der Waals surface area contributed by atoms with E-state index in [1.165, 1.54) is 5.56 Å². The van der Waals surface area contributed by atoms with Gasteiger partial charge in [0.25, 0.3) is 5.91 Å². The lowest BCUT2D eigenvalue weighted by Gasteiger charge is -2.23. The zero-order chi connectivity index (χ0) is 24.2. The molecule has 0 saturated carbocycles. The second kappa shape index (κ2) is 10.0. The van der Waals surface area contributed by atoms with Gasteiger partial charge in [0.05, 0.1) is 18.2 Å². The molecular formula is C25H30N4O3S. The number of benzene rings is 2. The first kappa shape index (κ1) is 24.3. The van der Waals surface area contributed by atoms with E-state index in [0.717, 1.165) is 38.8 Å². The predicted molar refractivity (Wildman–Crippen MR) is 134 cm³/mol. The molecule has 174 valence electrons. The molecule has 0 aliphatic rings. The topological polar surface area (TPSA) is 83.8 Å². The largest absolute Gasteiger partial charge is 0.318 e. The number of hydrogen-bond donors (Lipinski definition) is 1. The van der Waals surface area contributed by atoms with Gasteiger partial charge >= 0.3 is 0 Å². The number of aryl methyl sites for hydroxylation is 3. The van der Waals surface area contributed by atoms with E-state index in [9.17, 15) is 13.2 Å². The van der Waals surface area contributed by atoms with E-state index in [4.69, 9.17) is 0 Å². The van der Waals surface area contributed by atoms with Crippen molar-refractivity contribution in [1.82, 2.24) is 9.99 Å². The number of carbonyl (C=O) groups excluding carboxylic acids is 1. The second-order valence-corrected chi connectivity index (χ2v) is 9.95. The van der Waals surface area contributed by atoms with Gasteiger partial charge in [0.2, 0.25) is 10.0 Å². The van der Waals surface area contributed by atoms with Crippen LogP contribution in [0.5, 0.6) is 0 Å². The SMILES string of the molecule is CCc1ccccc1N(CC(=O)N/N=C\c1cc(C)n(-c2ccc(C)cc2)c1C)S(C)(=O)=O. The van der Waals surface area contributed by atoms with Crippen LogP contribution in [0.15, 0.2) is 59.7 Å². The van der Waals surface area contributed by atoms with Crippen molar-refractivity contribution in [1.29, 1.82) is 0 Å². The molecule has 0 fully saturated rings. The molecule has 1 heterocycles.